The molecule has 0 spiro atoms. The van der Waals surface area contributed by atoms with Crippen molar-refractivity contribution in [1.29, 1.82) is 0 Å². The zero-order chi connectivity index (χ0) is 20.1. The first-order valence-corrected chi connectivity index (χ1v) is 9.35. The molecule has 0 saturated heterocycles. The van der Waals surface area contributed by atoms with E-state index in [1.807, 2.05) is 37.3 Å². The highest BCUT2D eigenvalue weighted by Crippen LogP contribution is 2.29. The zero-order valence-corrected chi connectivity index (χ0v) is 16.3. The lowest BCUT2D eigenvalue weighted by molar-refractivity contribution is -0.148. The van der Waals surface area contributed by atoms with Gasteiger partial charge in [-0.2, -0.15) is 0 Å². The van der Waals surface area contributed by atoms with Gasteiger partial charge in [0.25, 0.3) is 0 Å². The molecule has 0 bridgehead atoms. The average molecular weight is 380 g/mol. The second-order valence-corrected chi connectivity index (χ2v) is 6.83. The predicted molar refractivity (Wildman–Crippen MR) is 107 cm³/mol. The Morgan fingerprint density at radius 3 is 2.54 bits per heavy atom. The van der Waals surface area contributed by atoms with Gasteiger partial charge in [-0.15, -0.1) is 0 Å². The van der Waals surface area contributed by atoms with Gasteiger partial charge in [0.2, 0.25) is 0 Å². The van der Waals surface area contributed by atoms with Crippen molar-refractivity contribution in [3.8, 4) is 5.75 Å². The molecule has 0 fully saturated rings. The fourth-order valence-electron chi connectivity index (χ4n) is 3.29. The molecule has 0 saturated carbocycles. The van der Waals surface area contributed by atoms with E-state index in [0.717, 1.165) is 12.0 Å². The Bertz CT molecular complexity index is 1010. The van der Waals surface area contributed by atoms with E-state index in [9.17, 15) is 9.59 Å². The number of carbonyl (C=O) groups excluding carboxylic acids is 1. The van der Waals surface area contributed by atoms with Gasteiger partial charge < -0.3 is 13.9 Å². The van der Waals surface area contributed by atoms with E-state index in [4.69, 9.17) is 13.9 Å². The Kier molecular flexibility index (Phi) is 6.14. The molecular formula is C23H24O5. The van der Waals surface area contributed by atoms with Crippen LogP contribution in [-0.4, -0.2) is 13.1 Å². The van der Waals surface area contributed by atoms with Crippen LogP contribution in [0.3, 0.4) is 0 Å². The maximum atomic E-state index is 12.9. The van der Waals surface area contributed by atoms with Gasteiger partial charge in [0.15, 0.2) is 0 Å². The Hall–Kier alpha value is -3.08. The van der Waals surface area contributed by atoms with Crippen molar-refractivity contribution in [3.63, 3.8) is 0 Å². The van der Waals surface area contributed by atoms with Crippen LogP contribution in [0.4, 0.5) is 0 Å². The van der Waals surface area contributed by atoms with Crippen LogP contribution >= 0.6 is 0 Å². The van der Waals surface area contributed by atoms with Gasteiger partial charge in [-0.05, 0) is 23.6 Å². The fraction of sp³-hybridized carbons (Fsp3) is 0.304. The Labute approximate surface area is 163 Å². The lowest BCUT2D eigenvalue weighted by atomic mass is 9.85. The van der Waals surface area contributed by atoms with Crippen LogP contribution in [0.25, 0.3) is 11.0 Å². The number of methoxy groups -OCH3 is 1. The molecule has 0 aliphatic rings. The third-order valence-electron chi connectivity index (χ3n) is 5.03. The largest absolute Gasteiger partial charge is 0.497 e. The van der Waals surface area contributed by atoms with E-state index in [0.29, 0.717) is 22.3 Å². The summed E-state index contributed by atoms with van der Waals surface area (Å²) in [4.78, 5) is 24.8. The summed E-state index contributed by atoms with van der Waals surface area (Å²) in [6.07, 6.45) is 0.853. The van der Waals surface area contributed by atoms with E-state index < -0.39 is 5.63 Å². The van der Waals surface area contributed by atoms with Gasteiger partial charge in [0, 0.05) is 23.1 Å². The minimum atomic E-state index is -0.492. The molecule has 3 rings (SSSR count). The van der Waals surface area contributed by atoms with Gasteiger partial charge in [-0.25, -0.2) is 4.79 Å². The number of carbonyl (C=O) groups is 1. The first-order chi connectivity index (χ1) is 13.5. The smallest absolute Gasteiger partial charge is 0.336 e. The number of hydrogen-bond donors (Lipinski definition) is 0. The number of fused-ring (bicyclic) bond motifs is 1. The summed E-state index contributed by atoms with van der Waals surface area (Å²) in [5.41, 5.74) is 1.45. The predicted octanol–water partition coefficient (Wildman–Crippen LogP) is 4.67. The lowest BCUT2D eigenvalue weighted by Gasteiger charge is -2.22. The van der Waals surface area contributed by atoms with Crippen LogP contribution < -0.4 is 10.4 Å². The summed E-state index contributed by atoms with van der Waals surface area (Å²) in [6.45, 7) is 4.10. The quantitative estimate of drug-likeness (QED) is 0.440. The van der Waals surface area contributed by atoms with Crippen molar-refractivity contribution in [2.45, 2.75) is 32.8 Å². The number of ether oxygens (including phenoxy) is 2. The summed E-state index contributed by atoms with van der Waals surface area (Å²) in [6, 6.07) is 16.2. The van der Waals surface area contributed by atoms with Crippen molar-refractivity contribution in [2.24, 2.45) is 5.92 Å². The SMILES string of the molecule is CC[C@@H](C)[C@@H](C(=O)OCc1cc(=O)oc2cc(OC)ccc12)c1ccccc1. The molecule has 1 heterocycles. The monoisotopic (exact) mass is 380 g/mol. The molecule has 0 radical (unpaired) electrons. The highest BCUT2D eigenvalue weighted by molar-refractivity contribution is 5.82. The summed E-state index contributed by atoms with van der Waals surface area (Å²) < 4.78 is 16.1. The molecule has 0 amide bonds. The molecule has 0 N–H and O–H groups in total. The average Bonchev–Trinajstić information content (AvgIpc) is 2.72. The minimum absolute atomic E-state index is 0.00697. The highest BCUT2D eigenvalue weighted by Gasteiger charge is 2.27. The van der Waals surface area contributed by atoms with E-state index in [-0.39, 0.29) is 24.4 Å². The second kappa shape index (κ2) is 8.74. The van der Waals surface area contributed by atoms with Crippen molar-refractivity contribution < 1.29 is 18.7 Å². The van der Waals surface area contributed by atoms with Gasteiger partial charge in [-0.3, -0.25) is 4.79 Å². The van der Waals surface area contributed by atoms with Crippen molar-refractivity contribution >= 4 is 16.9 Å². The molecule has 0 unspecified atom stereocenters. The molecule has 5 nitrogen and oxygen atoms in total. The number of hydrogen-bond acceptors (Lipinski definition) is 5. The zero-order valence-electron chi connectivity index (χ0n) is 16.3. The van der Waals surface area contributed by atoms with Gasteiger partial charge in [0.05, 0.1) is 13.0 Å². The number of esters is 1. The van der Waals surface area contributed by atoms with Crippen LogP contribution in [-0.2, 0) is 16.1 Å². The molecule has 28 heavy (non-hydrogen) atoms. The number of rotatable bonds is 7. The van der Waals surface area contributed by atoms with Gasteiger partial charge >= 0.3 is 11.6 Å². The van der Waals surface area contributed by atoms with Crippen LogP contribution in [0.1, 0.15) is 37.3 Å². The van der Waals surface area contributed by atoms with E-state index in [1.165, 1.54) is 6.07 Å². The molecule has 0 aliphatic carbocycles. The minimum Gasteiger partial charge on any atom is -0.497 e. The summed E-state index contributed by atoms with van der Waals surface area (Å²) in [5, 5.41) is 0.716. The number of benzene rings is 2. The van der Waals surface area contributed by atoms with E-state index in [1.54, 1.807) is 25.3 Å². The first kappa shape index (κ1) is 19.7. The lowest BCUT2D eigenvalue weighted by Crippen LogP contribution is -2.22. The third kappa shape index (κ3) is 4.25. The Morgan fingerprint density at radius 1 is 1.11 bits per heavy atom. The van der Waals surface area contributed by atoms with Crippen molar-refractivity contribution in [3.05, 3.63) is 76.1 Å². The molecule has 1 aromatic heterocycles. The van der Waals surface area contributed by atoms with Gasteiger partial charge in [0.1, 0.15) is 17.9 Å². The first-order valence-electron chi connectivity index (χ1n) is 9.35. The normalized spacial score (nSPS) is 13.1. The molecule has 5 heteroatoms. The highest BCUT2D eigenvalue weighted by atomic mass is 16.5. The molecular weight excluding hydrogens is 356 g/mol. The van der Waals surface area contributed by atoms with E-state index >= 15 is 0 Å². The van der Waals surface area contributed by atoms with Crippen LogP contribution in [0.15, 0.2) is 63.8 Å². The van der Waals surface area contributed by atoms with Crippen molar-refractivity contribution in [2.75, 3.05) is 7.11 Å². The maximum Gasteiger partial charge on any atom is 0.336 e. The van der Waals surface area contributed by atoms with Crippen molar-refractivity contribution in [1.82, 2.24) is 0 Å². The summed E-state index contributed by atoms with van der Waals surface area (Å²) in [5.74, 6) is 0.0792. The topological polar surface area (TPSA) is 65.7 Å². The fourth-order valence-corrected chi connectivity index (χ4v) is 3.29. The Morgan fingerprint density at radius 2 is 1.86 bits per heavy atom. The maximum absolute atomic E-state index is 12.9. The third-order valence-corrected chi connectivity index (χ3v) is 5.03. The van der Waals surface area contributed by atoms with Crippen LogP contribution in [0, 0.1) is 5.92 Å². The molecule has 146 valence electrons. The van der Waals surface area contributed by atoms with Crippen LogP contribution in [0.5, 0.6) is 5.75 Å². The standard InChI is InChI=1S/C23H24O5/c1-4-15(2)22(16-8-6-5-7-9-16)23(25)27-14-17-12-21(24)28-20-13-18(26-3)10-11-19(17)20/h5-13,15,22H,4,14H2,1-3H3/t15-,22-/m1/s1. The summed E-state index contributed by atoms with van der Waals surface area (Å²) in [7, 11) is 1.55. The molecule has 2 atom stereocenters. The molecule has 2 aromatic carbocycles. The van der Waals surface area contributed by atoms with Crippen LogP contribution in [0.2, 0.25) is 0 Å². The van der Waals surface area contributed by atoms with Gasteiger partial charge in [-0.1, -0.05) is 50.6 Å². The molecule has 0 aliphatic heterocycles. The second-order valence-electron chi connectivity index (χ2n) is 6.83. The van der Waals surface area contributed by atoms with E-state index in [2.05, 4.69) is 6.92 Å². The summed E-state index contributed by atoms with van der Waals surface area (Å²) >= 11 is 0. The molecule has 3 aromatic rings. The Balaban J connectivity index is 1.86.